The van der Waals surface area contributed by atoms with Gasteiger partial charge in [0.1, 0.15) is 40.7 Å². The van der Waals surface area contributed by atoms with Crippen molar-refractivity contribution in [1.82, 2.24) is 49.8 Å². The van der Waals surface area contributed by atoms with Gasteiger partial charge in [-0.15, -0.1) is 0 Å². The number of aromatic nitrogens is 10. The number of imidazole rings is 3. The number of nitrogens with two attached hydrogens (primary N) is 2. The summed E-state index contributed by atoms with van der Waals surface area (Å²) in [6.45, 7) is 8.15. The molecule has 4 aliphatic carbocycles. The number of aromatic amines is 3. The van der Waals surface area contributed by atoms with Crippen LogP contribution in [-0.4, -0.2) is 60.9 Å². The molecule has 7 aromatic heterocycles. The lowest BCUT2D eigenvalue weighted by Gasteiger charge is -2.32. The predicted molar refractivity (Wildman–Crippen MR) is 451 cm³/mol. The lowest BCUT2D eigenvalue weighted by atomic mass is 9.73. The number of carbonyl (C=O) groups is 1. The van der Waals surface area contributed by atoms with Gasteiger partial charge in [0, 0.05) is 113 Å². The molecule has 0 radical (unpaired) electrons. The first-order chi connectivity index (χ1) is 58.6. The van der Waals surface area contributed by atoms with Crippen molar-refractivity contribution in [1.29, 1.82) is 0 Å². The van der Waals surface area contributed by atoms with Gasteiger partial charge in [-0.25, -0.2) is 67.6 Å². The summed E-state index contributed by atoms with van der Waals surface area (Å²) >= 11 is 0. The molecule has 14 nitrogen and oxygen atoms in total. The van der Waals surface area contributed by atoms with E-state index in [2.05, 4.69) is 70.6 Å². The molecular formula is C96H92F12N12O2. The Kier molecular flexibility index (Phi) is 25.6. The Labute approximate surface area is 695 Å². The number of rotatable bonds is 12. The van der Waals surface area contributed by atoms with Crippen LogP contribution in [0.2, 0.25) is 0 Å². The van der Waals surface area contributed by atoms with Crippen molar-refractivity contribution in [2.75, 3.05) is 11.5 Å². The number of nitrogen functional groups attached to an aromatic ring is 2. The van der Waals surface area contributed by atoms with E-state index in [0.29, 0.717) is 74.5 Å². The van der Waals surface area contributed by atoms with Crippen LogP contribution < -0.4 is 11.5 Å². The molecule has 0 bridgehead atoms. The molecule has 26 heteroatoms. The standard InChI is InChI=1S/3C24H22F3N3.C18H20FNO2.C6H6F2N2/c3*1-13(24-29-22-11-19(26)20(27)12-23(22)30-24)14-2-4-15(5-3-14)17-8-9-28-21-7-6-16(25)10-18(17)21;1-11(18(21)22)12-2-4-13(5-3-12)15-8-9-20-17-7-6-14(19)10-16(15)17;7-3-1-5(9)6(10)2-4(3)8/h3*6-15H,2-5H2,1H3,(H,29,30);6-13H,2-5H2,1H3,(H,21,22);1-2H,9-10H2/t2*13-,14?,15?;;11-,12?,13?;/m10.1./s1. The van der Waals surface area contributed by atoms with Crippen LogP contribution in [0.1, 0.15) is 212 Å². The average Bonchev–Trinajstić information content (AvgIpc) is 1.26. The van der Waals surface area contributed by atoms with Gasteiger partial charge in [-0.3, -0.25) is 24.7 Å². The van der Waals surface area contributed by atoms with E-state index in [1.165, 1.54) is 59.2 Å². The second-order valence-corrected chi connectivity index (χ2v) is 33.3. The highest BCUT2D eigenvalue weighted by Gasteiger charge is 2.35. The van der Waals surface area contributed by atoms with Crippen molar-refractivity contribution in [3.05, 3.63) is 280 Å². The highest BCUT2D eigenvalue weighted by atomic mass is 19.2. The van der Waals surface area contributed by atoms with E-state index in [1.807, 2.05) is 24.3 Å². The number of pyridine rings is 4. The van der Waals surface area contributed by atoms with Crippen molar-refractivity contribution in [3.8, 4) is 0 Å². The van der Waals surface area contributed by atoms with E-state index in [1.54, 1.807) is 80.2 Å². The molecule has 0 spiro atoms. The maximum Gasteiger partial charge on any atom is 0.306 e. The quantitative estimate of drug-likeness (QED) is 0.0498. The molecule has 0 saturated heterocycles. The molecule has 122 heavy (non-hydrogen) atoms. The predicted octanol–water partition coefficient (Wildman–Crippen LogP) is 25.3. The summed E-state index contributed by atoms with van der Waals surface area (Å²) in [5.74, 6) is -3.31. The fraction of sp³-hybridized carbons (Fsp3) is 0.333. The number of carboxylic acids is 1. The van der Waals surface area contributed by atoms with Crippen molar-refractivity contribution in [2.45, 2.75) is 172 Å². The summed E-state index contributed by atoms with van der Waals surface area (Å²) in [5, 5.41) is 12.7. The number of hydrogen-bond acceptors (Lipinski definition) is 10. The van der Waals surface area contributed by atoms with Gasteiger partial charge in [-0.1, -0.05) is 27.7 Å². The van der Waals surface area contributed by atoms with Gasteiger partial charge in [-0.05, 0) is 269 Å². The number of benzene rings is 8. The number of aliphatic carboxylic acids is 1. The van der Waals surface area contributed by atoms with Gasteiger partial charge in [0.25, 0.3) is 0 Å². The van der Waals surface area contributed by atoms with Crippen LogP contribution in [-0.2, 0) is 4.79 Å². The third-order valence-corrected chi connectivity index (χ3v) is 26.1. The van der Waals surface area contributed by atoms with E-state index in [-0.39, 0.29) is 64.2 Å². The molecule has 1 unspecified atom stereocenters. The maximum absolute atomic E-state index is 13.8. The number of halogens is 12. The molecule has 4 saturated carbocycles. The highest BCUT2D eigenvalue weighted by molar-refractivity contribution is 5.86. The first-order valence-electron chi connectivity index (χ1n) is 41.6. The molecule has 8 aromatic carbocycles. The number of anilines is 2. The van der Waals surface area contributed by atoms with Gasteiger partial charge in [0.05, 0.1) is 72.5 Å². The molecule has 4 atom stereocenters. The Hall–Kier alpha value is -12.0. The molecule has 0 amide bonds. The smallest absolute Gasteiger partial charge is 0.306 e. The van der Waals surface area contributed by atoms with E-state index >= 15 is 0 Å². The van der Waals surface area contributed by atoms with E-state index in [0.717, 1.165) is 200 Å². The molecule has 632 valence electrons. The maximum atomic E-state index is 13.8. The Morgan fingerprint density at radius 2 is 0.541 bits per heavy atom. The number of nitrogens with one attached hydrogen (secondary N) is 3. The molecule has 15 aromatic rings. The number of nitrogens with zero attached hydrogens (tertiary/aromatic N) is 7. The van der Waals surface area contributed by atoms with Crippen LogP contribution in [0, 0.1) is 99.4 Å². The molecule has 4 aliphatic rings. The van der Waals surface area contributed by atoms with Gasteiger partial charge in [-0.2, -0.15) is 0 Å². The minimum Gasteiger partial charge on any atom is -0.481 e. The van der Waals surface area contributed by atoms with Crippen LogP contribution in [0.3, 0.4) is 0 Å². The first kappa shape index (κ1) is 85.0. The SMILES string of the molecule is CC(c1nc2cc(F)c(F)cc2[nH]1)C1CCC(c2ccnc3ccc(F)cc23)CC1.C[C@@H](C(=O)O)C1CCC(c2ccnc3ccc(F)cc23)CC1.C[C@@H](c1nc2cc(F)c(F)cc2[nH]1)C1CCC(c2ccnc3ccc(F)cc23)CC1.C[C@H](c1nc2cc(F)c(F)cc2[nH]1)C1CCC(c2ccnc3ccc(F)cc23)CC1.Nc1cc(F)c(F)cc1N. The second-order valence-electron chi connectivity index (χ2n) is 33.3. The zero-order chi connectivity index (χ0) is 85.9. The van der Waals surface area contributed by atoms with E-state index in [4.69, 9.17) is 16.6 Å². The summed E-state index contributed by atoms with van der Waals surface area (Å²) in [5.41, 5.74) is 21.3. The third kappa shape index (κ3) is 18.9. The van der Waals surface area contributed by atoms with Gasteiger partial charge < -0.3 is 31.5 Å². The summed E-state index contributed by atoms with van der Waals surface area (Å²) in [6, 6.07) is 35.6. The number of H-pyrrole nitrogens is 3. The van der Waals surface area contributed by atoms with Crippen molar-refractivity contribution < 1.29 is 62.6 Å². The van der Waals surface area contributed by atoms with Crippen molar-refractivity contribution >= 4 is 94.1 Å². The lowest BCUT2D eigenvalue weighted by Crippen LogP contribution is -2.25. The Bertz CT molecular complexity index is 5680. The lowest BCUT2D eigenvalue weighted by molar-refractivity contribution is -0.143. The minimum atomic E-state index is -0.980. The summed E-state index contributed by atoms with van der Waals surface area (Å²) in [4.78, 5) is 51.5. The number of hydrogen-bond donors (Lipinski definition) is 6. The zero-order valence-corrected chi connectivity index (χ0v) is 67.6. The Morgan fingerprint density at radius 1 is 0.311 bits per heavy atom. The van der Waals surface area contributed by atoms with Crippen LogP contribution >= 0.6 is 0 Å². The van der Waals surface area contributed by atoms with E-state index < -0.39 is 52.5 Å². The van der Waals surface area contributed by atoms with Crippen LogP contribution in [0.15, 0.2) is 170 Å². The van der Waals surface area contributed by atoms with Gasteiger partial charge in [0.2, 0.25) is 0 Å². The normalized spacial score (nSPS) is 20.3. The molecule has 0 aliphatic heterocycles. The highest BCUT2D eigenvalue weighted by Crippen LogP contribution is 2.48. The van der Waals surface area contributed by atoms with Crippen molar-refractivity contribution in [2.24, 2.45) is 29.6 Å². The first-order valence-corrected chi connectivity index (χ1v) is 41.6. The Morgan fingerprint density at radius 3 is 0.787 bits per heavy atom. The third-order valence-electron chi connectivity index (χ3n) is 26.1. The van der Waals surface area contributed by atoms with Crippen LogP contribution in [0.5, 0.6) is 0 Å². The monoisotopic (exact) mass is 1670 g/mol. The molecule has 19 rings (SSSR count). The second kappa shape index (κ2) is 36.8. The van der Waals surface area contributed by atoms with Crippen molar-refractivity contribution in [3.63, 3.8) is 0 Å². The molecule has 8 N–H and O–H groups in total. The molecular weight excluding hydrogens is 1580 g/mol. The minimum absolute atomic E-state index is 0.0545. The summed E-state index contributed by atoms with van der Waals surface area (Å²) in [6.07, 6.45) is 23.1. The zero-order valence-electron chi connectivity index (χ0n) is 67.6. The molecule has 7 heterocycles. The fourth-order valence-corrected chi connectivity index (χ4v) is 18.9. The Balaban J connectivity index is 0.000000122. The average molecular weight is 1670 g/mol. The largest absolute Gasteiger partial charge is 0.481 e. The van der Waals surface area contributed by atoms with Gasteiger partial charge >= 0.3 is 5.97 Å². The van der Waals surface area contributed by atoms with Gasteiger partial charge in [0.15, 0.2) is 46.5 Å². The van der Waals surface area contributed by atoms with E-state index in [9.17, 15) is 57.5 Å². The van der Waals surface area contributed by atoms with Crippen LogP contribution in [0.4, 0.5) is 64.1 Å². The topological polar surface area (TPSA) is 227 Å². The molecule has 4 fully saturated rings. The van der Waals surface area contributed by atoms with Crippen LogP contribution in [0.25, 0.3) is 76.7 Å². The summed E-state index contributed by atoms with van der Waals surface area (Å²) < 4.78 is 160. The fourth-order valence-electron chi connectivity index (χ4n) is 18.9. The summed E-state index contributed by atoms with van der Waals surface area (Å²) in [7, 11) is 0. The number of carboxylic acid groups (broad SMARTS) is 1. The number of fused-ring (bicyclic) bond motifs is 7.